The highest BCUT2D eigenvalue weighted by Gasteiger charge is 2.26. The summed E-state index contributed by atoms with van der Waals surface area (Å²) in [6.45, 7) is 1.38. The van der Waals surface area contributed by atoms with Crippen LogP contribution in [0.15, 0.2) is 48.8 Å². The molecule has 0 saturated carbocycles. The number of hydrogen-bond acceptors (Lipinski definition) is 4. The SMILES string of the molecule is Cl.Cl.NC(C(=O)Nc1ccc(Cc2ccncc2)cc1)C1CCOCC1. The van der Waals surface area contributed by atoms with Crippen molar-refractivity contribution in [2.75, 3.05) is 18.5 Å². The van der Waals surface area contributed by atoms with Gasteiger partial charge in [0.2, 0.25) is 5.91 Å². The Kier molecular flexibility index (Phi) is 9.59. The number of rotatable bonds is 5. The summed E-state index contributed by atoms with van der Waals surface area (Å²) in [7, 11) is 0. The molecule has 2 aromatic rings. The van der Waals surface area contributed by atoms with Crippen LogP contribution in [0.1, 0.15) is 24.0 Å². The predicted molar refractivity (Wildman–Crippen MR) is 108 cm³/mol. The first kappa shape index (κ1) is 22.4. The summed E-state index contributed by atoms with van der Waals surface area (Å²) in [4.78, 5) is 16.3. The van der Waals surface area contributed by atoms with E-state index < -0.39 is 6.04 Å². The van der Waals surface area contributed by atoms with E-state index in [9.17, 15) is 4.79 Å². The van der Waals surface area contributed by atoms with Crippen LogP contribution in [0.3, 0.4) is 0 Å². The normalized spacial score (nSPS) is 15.3. The van der Waals surface area contributed by atoms with Crippen molar-refractivity contribution in [1.82, 2.24) is 4.98 Å². The quantitative estimate of drug-likeness (QED) is 0.811. The molecule has 7 heteroatoms. The predicted octanol–water partition coefficient (Wildman–Crippen LogP) is 3.21. The van der Waals surface area contributed by atoms with Gasteiger partial charge in [-0.2, -0.15) is 0 Å². The second kappa shape index (κ2) is 11.1. The van der Waals surface area contributed by atoms with Gasteiger partial charge in [-0.25, -0.2) is 0 Å². The molecule has 1 atom stereocenters. The van der Waals surface area contributed by atoms with Gasteiger partial charge in [0.25, 0.3) is 0 Å². The molecule has 0 aliphatic carbocycles. The summed E-state index contributed by atoms with van der Waals surface area (Å²) < 4.78 is 5.32. The number of anilines is 1. The third kappa shape index (κ3) is 6.25. The molecule has 1 aromatic carbocycles. The molecule has 1 aliphatic rings. The summed E-state index contributed by atoms with van der Waals surface area (Å²) >= 11 is 0. The maximum absolute atomic E-state index is 12.3. The topological polar surface area (TPSA) is 77.2 Å². The van der Waals surface area contributed by atoms with Crippen LogP contribution in [0.5, 0.6) is 0 Å². The van der Waals surface area contributed by atoms with Crippen molar-refractivity contribution in [2.45, 2.75) is 25.3 Å². The zero-order chi connectivity index (χ0) is 16.8. The number of carbonyl (C=O) groups is 1. The lowest BCUT2D eigenvalue weighted by atomic mass is 9.92. The van der Waals surface area contributed by atoms with Crippen molar-refractivity contribution in [2.24, 2.45) is 11.7 Å². The van der Waals surface area contributed by atoms with Crippen molar-refractivity contribution < 1.29 is 9.53 Å². The fraction of sp³-hybridized carbons (Fsp3) is 0.368. The molecule has 1 fully saturated rings. The van der Waals surface area contributed by atoms with Crippen molar-refractivity contribution in [3.8, 4) is 0 Å². The lowest BCUT2D eigenvalue weighted by Crippen LogP contribution is -2.43. The highest BCUT2D eigenvalue weighted by Crippen LogP contribution is 2.19. The first-order valence-electron chi connectivity index (χ1n) is 8.34. The Hall–Kier alpha value is -1.66. The minimum atomic E-state index is -0.481. The molecule has 1 aromatic heterocycles. The van der Waals surface area contributed by atoms with Gasteiger partial charge in [-0.1, -0.05) is 12.1 Å². The highest BCUT2D eigenvalue weighted by molar-refractivity contribution is 5.94. The fourth-order valence-electron chi connectivity index (χ4n) is 2.96. The number of aromatic nitrogens is 1. The zero-order valence-electron chi connectivity index (χ0n) is 14.5. The van der Waals surface area contributed by atoms with E-state index in [4.69, 9.17) is 10.5 Å². The van der Waals surface area contributed by atoms with Crippen LogP contribution in [0.2, 0.25) is 0 Å². The van der Waals surface area contributed by atoms with Gasteiger partial charge in [0.05, 0.1) is 6.04 Å². The molecule has 0 bridgehead atoms. The van der Waals surface area contributed by atoms with E-state index >= 15 is 0 Å². The van der Waals surface area contributed by atoms with Crippen LogP contribution < -0.4 is 11.1 Å². The van der Waals surface area contributed by atoms with Crippen molar-refractivity contribution in [3.05, 3.63) is 59.9 Å². The molecule has 0 spiro atoms. The number of nitrogens with two attached hydrogens (primary N) is 1. The number of benzene rings is 1. The Morgan fingerprint density at radius 3 is 2.27 bits per heavy atom. The second-order valence-electron chi connectivity index (χ2n) is 6.19. The molecule has 142 valence electrons. The summed E-state index contributed by atoms with van der Waals surface area (Å²) in [6.07, 6.45) is 6.13. The van der Waals surface area contributed by atoms with E-state index in [1.165, 1.54) is 11.1 Å². The van der Waals surface area contributed by atoms with E-state index in [2.05, 4.69) is 10.3 Å². The average molecular weight is 398 g/mol. The number of halogens is 2. The molecule has 0 radical (unpaired) electrons. The maximum atomic E-state index is 12.3. The van der Waals surface area contributed by atoms with Crippen LogP contribution >= 0.6 is 24.8 Å². The molecule has 5 nitrogen and oxygen atoms in total. The van der Waals surface area contributed by atoms with Gasteiger partial charge >= 0.3 is 0 Å². The molecule has 1 unspecified atom stereocenters. The molecular formula is C19H25Cl2N3O2. The molecule has 3 rings (SSSR count). The molecule has 3 N–H and O–H groups in total. The Labute approximate surface area is 166 Å². The lowest BCUT2D eigenvalue weighted by molar-refractivity contribution is -0.119. The Balaban J connectivity index is 0.00000169. The third-order valence-corrected chi connectivity index (χ3v) is 4.46. The van der Waals surface area contributed by atoms with Crippen LogP contribution in [0, 0.1) is 5.92 Å². The average Bonchev–Trinajstić information content (AvgIpc) is 2.64. The Bertz CT molecular complexity index is 662. The van der Waals surface area contributed by atoms with Crippen molar-refractivity contribution in [3.63, 3.8) is 0 Å². The smallest absolute Gasteiger partial charge is 0.241 e. The van der Waals surface area contributed by atoms with Gasteiger partial charge in [-0.3, -0.25) is 9.78 Å². The number of carbonyl (C=O) groups excluding carboxylic acids is 1. The fourth-order valence-corrected chi connectivity index (χ4v) is 2.96. The van der Waals surface area contributed by atoms with E-state index in [-0.39, 0.29) is 36.6 Å². The van der Waals surface area contributed by atoms with Crippen LogP contribution in [0.4, 0.5) is 5.69 Å². The Morgan fingerprint density at radius 2 is 1.65 bits per heavy atom. The number of pyridine rings is 1. The van der Waals surface area contributed by atoms with E-state index in [1.54, 1.807) is 12.4 Å². The molecule has 1 saturated heterocycles. The van der Waals surface area contributed by atoms with Gasteiger partial charge < -0.3 is 15.8 Å². The first-order chi connectivity index (χ1) is 11.7. The minimum Gasteiger partial charge on any atom is -0.381 e. The van der Waals surface area contributed by atoms with Crippen molar-refractivity contribution in [1.29, 1.82) is 0 Å². The van der Waals surface area contributed by atoms with Gasteiger partial charge in [0, 0.05) is 31.3 Å². The van der Waals surface area contributed by atoms with E-state index in [0.29, 0.717) is 13.2 Å². The Morgan fingerprint density at radius 1 is 1.08 bits per heavy atom. The molecule has 26 heavy (non-hydrogen) atoms. The standard InChI is InChI=1S/C19H23N3O2.2ClH/c20-18(16-7-11-24-12-8-16)19(23)22-17-3-1-14(2-4-17)13-15-5-9-21-10-6-15;;/h1-6,9-10,16,18H,7-8,11-13,20H2,(H,22,23);2*1H. The largest absolute Gasteiger partial charge is 0.381 e. The van der Waals surface area contributed by atoms with Gasteiger partial charge in [-0.05, 0) is 60.6 Å². The zero-order valence-corrected chi connectivity index (χ0v) is 16.1. The molecular weight excluding hydrogens is 373 g/mol. The van der Waals surface area contributed by atoms with Gasteiger partial charge in [-0.15, -0.1) is 24.8 Å². The van der Waals surface area contributed by atoms with E-state index in [0.717, 1.165) is 24.9 Å². The summed E-state index contributed by atoms with van der Waals surface area (Å²) in [5, 5.41) is 2.92. The number of ether oxygens (including phenoxy) is 1. The summed E-state index contributed by atoms with van der Waals surface area (Å²) in [6, 6.07) is 11.4. The highest BCUT2D eigenvalue weighted by atomic mass is 35.5. The first-order valence-corrected chi connectivity index (χ1v) is 8.34. The molecule has 1 amide bonds. The van der Waals surface area contributed by atoms with E-state index in [1.807, 2.05) is 36.4 Å². The van der Waals surface area contributed by atoms with Crippen LogP contribution in [0.25, 0.3) is 0 Å². The lowest BCUT2D eigenvalue weighted by Gasteiger charge is -2.26. The van der Waals surface area contributed by atoms with Gasteiger partial charge in [0.1, 0.15) is 0 Å². The van der Waals surface area contributed by atoms with Crippen molar-refractivity contribution >= 4 is 36.4 Å². The number of hydrogen-bond donors (Lipinski definition) is 2. The number of nitrogens with zero attached hydrogens (tertiary/aromatic N) is 1. The number of nitrogens with one attached hydrogen (secondary N) is 1. The monoisotopic (exact) mass is 397 g/mol. The minimum absolute atomic E-state index is 0. The van der Waals surface area contributed by atoms with Crippen LogP contribution in [-0.2, 0) is 16.0 Å². The summed E-state index contributed by atoms with van der Waals surface area (Å²) in [5.41, 5.74) is 9.28. The maximum Gasteiger partial charge on any atom is 0.241 e. The van der Waals surface area contributed by atoms with Gasteiger partial charge in [0.15, 0.2) is 0 Å². The second-order valence-corrected chi connectivity index (χ2v) is 6.19. The molecule has 1 aliphatic heterocycles. The van der Waals surface area contributed by atoms with Crippen LogP contribution in [-0.4, -0.2) is 30.1 Å². The molecule has 2 heterocycles. The number of amides is 1. The summed E-state index contributed by atoms with van der Waals surface area (Å²) in [5.74, 6) is 0.0773. The third-order valence-electron chi connectivity index (χ3n) is 4.46.